The predicted molar refractivity (Wildman–Crippen MR) is 89.1 cm³/mol. The highest BCUT2D eigenvalue weighted by Gasteiger charge is 2.26. The Morgan fingerprint density at radius 3 is 3.04 bits per heavy atom. The Labute approximate surface area is 136 Å². The van der Waals surface area contributed by atoms with E-state index in [1.54, 1.807) is 13.4 Å². The summed E-state index contributed by atoms with van der Waals surface area (Å²) in [5.41, 5.74) is 3.03. The number of imidazole rings is 1. The summed E-state index contributed by atoms with van der Waals surface area (Å²) in [5.74, 6) is -0.0420. The number of aromatic amines is 1. The summed E-state index contributed by atoms with van der Waals surface area (Å²) < 4.78 is 0. The van der Waals surface area contributed by atoms with Crippen molar-refractivity contribution in [2.24, 2.45) is 0 Å². The molecule has 3 rings (SSSR count). The number of hydrogen-bond donors (Lipinski definition) is 2. The minimum Gasteiger partial charge on any atom is -0.355 e. The maximum Gasteiger partial charge on any atom is 0.251 e. The van der Waals surface area contributed by atoms with Crippen LogP contribution in [-0.2, 0) is 6.54 Å². The molecule has 0 aliphatic carbocycles. The molecule has 6 heteroatoms. The van der Waals surface area contributed by atoms with Crippen LogP contribution in [0.5, 0.6) is 0 Å². The molecule has 0 bridgehead atoms. The van der Waals surface area contributed by atoms with Crippen molar-refractivity contribution >= 4 is 5.91 Å². The maximum atomic E-state index is 11.9. The zero-order valence-corrected chi connectivity index (χ0v) is 13.6. The number of nitrogens with zero attached hydrogens (tertiary/aromatic N) is 3. The average Bonchev–Trinajstić information content (AvgIpc) is 3.09. The predicted octanol–water partition coefficient (Wildman–Crippen LogP) is 1.26. The quantitative estimate of drug-likeness (QED) is 0.892. The van der Waals surface area contributed by atoms with E-state index in [-0.39, 0.29) is 11.9 Å². The van der Waals surface area contributed by atoms with Gasteiger partial charge in [-0.1, -0.05) is 12.1 Å². The van der Waals surface area contributed by atoms with Crippen molar-refractivity contribution in [3.63, 3.8) is 0 Å². The number of H-pyrrole nitrogens is 1. The van der Waals surface area contributed by atoms with Crippen molar-refractivity contribution in [3.05, 3.63) is 53.6 Å². The van der Waals surface area contributed by atoms with Gasteiger partial charge in [-0.15, -0.1) is 0 Å². The van der Waals surface area contributed by atoms with E-state index in [9.17, 15) is 4.79 Å². The highest BCUT2D eigenvalue weighted by Crippen LogP contribution is 2.25. The molecule has 1 aliphatic heterocycles. The minimum absolute atomic E-state index is 0.0420. The van der Waals surface area contributed by atoms with E-state index in [1.165, 1.54) is 5.56 Å². The highest BCUT2D eigenvalue weighted by molar-refractivity contribution is 5.94. The number of carbonyl (C=O) groups excluding carboxylic acids is 1. The van der Waals surface area contributed by atoms with E-state index in [0.717, 1.165) is 31.9 Å². The smallest absolute Gasteiger partial charge is 0.251 e. The fourth-order valence-electron chi connectivity index (χ4n) is 3.08. The number of carbonyl (C=O) groups is 1. The molecule has 0 saturated carbocycles. The second-order valence-electron chi connectivity index (χ2n) is 6.01. The lowest BCUT2D eigenvalue weighted by Crippen LogP contribution is -2.46. The van der Waals surface area contributed by atoms with Crippen LogP contribution in [0, 0.1) is 0 Å². The van der Waals surface area contributed by atoms with Crippen LogP contribution in [0.4, 0.5) is 0 Å². The van der Waals surface area contributed by atoms with E-state index in [2.05, 4.69) is 38.2 Å². The summed E-state index contributed by atoms with van der Waals surface area (Å²) in [7, 11) is 3.80. The van der Waals surface area contributed by atoms with E-state index < -0.39 is 0 Å². The molecule has 1 aromatic heterocycles. The summed E-state index contributed by atoms with van der Waals surface area (Å²) in [5, 5.41) is 2.69. The lowest BCUT2D eigenvalue weighted by Gasteiger charge is -2.39. The molecule has 0 radical (unpaired) electrons. The topological polar surface area (TPSA) is 64.3 Å². The van der Waals surface area contributed by atoms with E-state index >= 15 is 0 Å². The molecule has 1 saturated heterocycles. The molecule has 6 nitrogen and oxygen atoms in total. The van der Waals surface area contributed by atoms with Crippen molar-refractivity contribution in [2.75, 3.05) is 33.7 Å². The third-order valence-corrected chi connectivity index (χ3v) is 4.44. The van der Waals surface area contributed by atoms with Gasteiger partial charge in [0.05, 0.1) is 6.33 Å². The van der Waals surface area contributed by atoms with Gasteiger partial charge in [0.1, 0.15) is 0 Å². The lowest BCUT2D eigenvalue weighted by molar-refractivity contribution is 0.0893. The van der Waals surface area contributed by atoms with Gasteiger partial charge >= 0.3 is 0 Å². The number of hydrogen-bond acceptors (Lipinski definition) is 4. The monoisotopic (exact) mass is 313 g/mol. The van der Waals surface area contributed by atoms with Gasteiger partial charge in [0.25, 0.3) is 5.91 Å². The average molecular weight is 313 g/mol. The van der Waals surface area contributed by atoms with Gasteiger partial charge in [0.15, 0.2) is 0 Å². The van der Waals surface area contributed by atoms with Crippen LogP contribution in [0.1, 0.15) is 27.7 Å². The first-order chi connectivity index (χ1) is 11.2. The molecule has 23 heavy (non-hydrogen) atoms. The molecule has 1 amide bonds. The molecule has 1 atom stereocenters. The van der Waals surface area contributed by atoms with Gasteiger partial charge in [-0.25, -0.2) is 4.98 Å². The van der Waals surface area contributed by atoms with Crippen molar-refractivity contribution < 1.29 is 4.79 Å². The molecule has 122 valence electrons. The first-order valence-corrected chi connectivity index (χ1v) is 7.89. The van der Waals surface area contributed by atoms with Gasteiger partial charge in [0.2, 0.25) is 0 Å². The van der Waals surface area contributed by atoms with Crippen LogP contribution in [0.25, 0.3) is 0 Å². The van der Waals surface area contributed by atoms with E-state index in [0.29, 0.717) is 5.56 Å². The Bertz CT molecular complexity index is 655. The largest absolute Gasteiger partial charge is 0.355 e. The number of nitrogens with one attached hydrogen (secondary N) is 2. The Hall–Kier alpha value is -2.18. The second-order valence-corrected chi connectivity index (χ2v) is 6.01. The molecular weight excluding hydrogens is 290 g/mol. The fourth-order valence-corrected chi connectivity index (χ4v) is 3.08. The lowest BCUT2D eigenvalue weighted by atomic mass is 10.00. The van der Waals surface area contributed by atoms with Crippen molar-refractivity contribution in [1.29, 1.82) is 0 Å². The SMILES string of the molecule is CNC(=O)c1cccc(C2CN(Cc3cnc[nH]3)CCN2C)c1. The van der Waals surface area contributed by atoms with Crippen LogP contribution in [0.3, 0.4) is 0 Å². The van der Waals surface area contributed by atoms with Crippen LogP contribution in [-0.4, -0.2) is 59.4 Å². The van der Waals surface area contributed by atoms with Crippen LogP contribution >= 0.6 is 0 Å². The Kier molecular flexibility index (Phi) is 4.73. The minimum atomic E-state index is -0.0420. The molecular formula is C17H23N5O. The standard InChI is InChI=1S/C17H23N5O/c1-18-17(23)14-5-3-4-13(8-14)16-11-22(7-6-21(16)2)10-15-9-19-12-20-15/h3-5,8-9,12,16H,6-7,10-11H2,1-2H3,(H,18,23)(H,19,20). The first kappa shape index (κ1) is 15.7. The fraction of sp³-hybridized carbons (Fsp3) is 0.412. The van der Waals surface area contributed by atoms with Gasteiger partial charge < -0.3 is 10.3 Å². The van der Waals surface area contributed by atoms with E-state index in [4.69, 9.17) is 0 Å². The highest BCUT2D eigenvalue weighted by atomic mass is 16.1. The molecule has 1 unspecified atom stereocenters. The molecule has 0 spiro atoms. The van der Waals surface area contributed by atoms with Gasteiger partial charge in [-0.3, -0.25) is 14.6 Å². The van der Waals surface area contributed by atoms with Crippen LogP contribution < -0.4 is 5.32 Å². The molecule has 1 aliphatic rings. The zero-order chi connectivity index (χ0) is 16.2. The molecule has 2 N–H and O–H groups in total. The number of rotatable bonds is 4. The third-order valence-electron chi connectivity index (χ3n) is 4.44. The van der Waals surface area contributed by atoms with Crippen molar-refractivity contribution in [2.45, 2.75) is 12.6 Å². The number of likely N-dealkylation sites (N-methyl/N-ethyl adjacent to an activating group) is 1. The Morgan fingerprint density at radius 2 is 2.30 bits per heavy atom. The molecule has 2 heterocycles. The maximum absolute atomic E-state index is 11.9. The summed E-state index contributed by atoms with van der Waals surface area (Å²) >= 11 is 0. The van der Waals surface area contributed by atoms with Crippen LogP contribution in [0.2, 0.25) is 0 Å². The second kappa shape index (κ2) is 6.93. The Balaban J connectivity index is 1.76. The van der Waals surface area contributed by atoms with Crippen molar-refractivity contribution in [1.82, 2.24) is 25.1 Å². The number of aromatic nitrogens is 2. The summed E-state index contributed by atoms with van der Waals surface area (Å²) in [6, 6.07) is 8.21. The number of amides is 1. The third kappa shape index (κ3) is 3.60. The summed E-state index contributed by atoms with van der Waals surface area (Å²) in [6.07, 6.45) is 3.59. The van der Waals surface area contributed by atoms with E-state index in [1.807, 2.05) is 24.4 Å². The zero-order valence-electron chi connectivity index (χ0n) is 13.6. The number of piperazine rings is 1. The van der Waals surface area contributed by atoms with Crippen molar-refractivity contribution in [3.8, 4) is 0 Å². The molecule has 1 aromatic carbocycles. The van der Waals surface area contributed by atoms with Gasteiger partial charge in [-0.05, 0) is 24.7 Å². The first-order valence-electron chi connectivity index (χ1n) is 7.89. The Morgan fingerprint density at radius 1 is 1.43 bits per heavy atom. The summed E-state index contributed by atoms with van der Waals surface area (Å²) in [4.78, 5) is 23.9. The number of benzene rings is 1. The van der Waals surface area contributed by atoms with Crippen LogP contribution in [0.15, 0.2) is 36.8 Å². The molecule has 1 fully saturated rings. The van der Waals surface area contributed by atoms with Gasteiger partial charge in [-0.2, -0.15) is 0 Å². The van der Waals surface area contributed by atoms with Gasteiger partial charge in [0, 0.05) is 56.7 Å². The summed E-state index contributed by atoms with van der Waals surface area (Å²) in [6.45, 7) is 3.84. The normalized spacial score (nSPS) is 19.7. The molecule has 2 aromatic rings.